The lowest BCUT2D eigenvalue weighted by Crippen LogP contribution is -2.43. The lowest BCUT2D eigenvalue weighted by molar-refractivity contribution is -0.142. The lowest BCUT2D eigenvalue weighted by atomic mass is 10.1. The van der Waals surface area contributed by atoms with E-state index < -0.39 is 24.0 Å². The van der Waals surface area contributed by atoms with Gasteiger partial charge in [0.15, 0.2) is 0 Å². The number of carboxylic acids is 1. The molecule has 114 valence electrons. The maximum absolute atomic E-state index is 11.7. The SMILES string of the molecule is COC(=O)CC[C@H](NC(=O)Nc1cccc(Br)c1)C(=O)O. The van der Waals surface area contributed by atoms with Crippen LogP contribution < -0.4 is 10.6 Å². The molecule has 3 N–H and O–H groups in total. The zero-order valence-electron chi connectivity index (χ0n) is 11.3. The first-order chi connectivity index (χ1) is 9.92. The molecule has 7 nitrogen and oxygen atoms in total. The van der Waals surface area contributed by atoms with Crippen LogP contribution in [0, 0.1) is 0 Å². The normalized spacial score (nSPS) is 11.3. The van der Waals surface area contributed by atoms with Crippen LogP contribution in [0.3, 0.4) is 0 Å². The minimum absolute atomic E-state index is 0.0477. The molecule has 2 amide bonds. The van der Waals surface area contributed by atoms with E-state index in [1.165, 1.54) is 7.11 Å². The van der Waals surface area contributed by atoms with Crippen molar-refractivity contribution in [3.8, 4) is 0 Å². The average molecular weight is 359 g/mol. The van der Waals surface area contributed by atoms with E-state index in [9.17, 15) is 14.4 Å². The van der Waals surface area contributed by atoms with Crippen LogP contribution in [-0.4, -0.2) is 36.2 Å². The number of urea groups is 1. The molecule has 0 aliphatic rings. The number of anilines is 1. The molecule has 21 heavy (non-hydrogen) atoms. The molecule has 0 bridgehead atoms. The summed E-state index contributed by atoms with van der Waals surface area (Å²) in [5.41, 5.74) is 0.513. The van der Waals surface area contributed by atoms with E-state index in [0.29, 0.717) is 5.69 Å². The summed E-state index contributed by atoms with van der Waals surface area (Å²) in [5.74, 6) is -1.75. The van der Waals surface area contributed by atoms with Crippen LogP contribution in [0.1, 0.15) is 12.8 Å². The number of nitrogens with one attached hydrogen (secondary N) is 2. The molecule has 1 aromatic rings. The summed E-state index contributed by atoms with van der Waals surface area (Å²) >= 11 is 3.26. The van der Waals surface area contributed by atoms with Gasteiger partial charge < -0.3 is 20.5 Å². The first kappa shape index (κ1) is 17.0. The van der Waals surface area contributed by atoms with Gasteiger partial charge in [0.2, 0.25) is 0 Å². The standard InChI is InChI=1S/C13H15BrN2O5/c1-21-11(17)6-5-10(12(18)19)16-13(20)15-9-4-2-3-8(14)7-9/h2-4,7,10H,5-6H2,1H3,(H,18,19)(H2,15,16,20)/t10-/m0/s1. The van der Waals surface area contributed by atoms with Crippen LogP contribution in [-0.2, 0) is 14.3 Å². The molecule has 0 aliphatic carbocycles. The Morgan fingerprint density at radius 2 is 2.10 bits per heavy atom. The highest BCUT2D eigenvalue weighted by Gasteiger charge is 2.21. The molecule has 0 unspecified atom stereocenters. The number of amides is 2. The van der Waals surface area contributed by atoms with Gasteiger partial charge in [0.05, 0.1) is 7.11 Å². The van der Waals surface area contributed by atoms with Gasteiger partial charge in [-0.2, -0.15) is 0 Å². The number of carboxylic acid groups (broad SMARTS) is 1. The number of rotatable bonds is 6. The van der Waals surface area contributed by atoms with Crippen molar-refractivity contribution in [2.75, 3.05) is 12.4 Å². The summed E-state index contributed by atoms with van der Waals surface area (Å²) in [6.07, 6.45) is -0.140. The number of aliphatic carboxylic acids is 1. The second kappa shape index (κ2) is 8.25. The van der Waals surface area contributed by atoms with Crippen molar-refractivity contribution < 1.29 is 24.2 Å². The number of hydrogen-bond acceptors (Lipinski definition) is 4. The second-order valence-electron chi connectivity index (χ2n) is 4.11. The second-order valence-corrected chi connectivity index (χ2v) is 5.03. The molecular formula is C13H15BrN2O5. The van der Waals surface area contributed by atoms with Crippen molar-refractivity contribution in [2.45, 2.75) is 18.9 Å². The number of carbonyl (C=O) groups is 3. The van der Waals surface area contributed by atoms with Crippen LogP contribution >= 0.6 is 15.9 Å². The van der Waals surface area contributed by atoms with Crippen molar-refractivity contribution in [3.05, 3.63) is 28.7 Å². The monoisotopic (exact) mass is 358 g/mol. The van der Waals surface area contributed by atoms with Crippen molar-refractivity contribution >= 4 is 39.6 Å². The summed E-state index contributed by atoms with van der Waals surface area (Å²) in [6, 6.07) is 5.02. The highest BCUT2D eigenvalue weighted by Crippen LogP contribution is 2.15. The van der Waals surface area contributed by atoms with Gasteiger partial charge in [0, 0.05) is 16.6 Å². The summed E-state index contributed by atoms with van der Waals surface area (Å²) in [7, 11) is 1.21. The van der Waals surface area contributed by atoms with Crippen LogP contribution in [0.4, 0.5) is 10.5 Å². The Kier molecular flexibility index (Phi) is 6.67. The summed E-state index contributed by atoms with van der Waals surface area (Å²) in [6.45, 7) is 0. The van der Waals surface area contributed by atoms with Gasteiger partial charge in [-0.1, -0.05) is 22.0 Å². The zero-order chi connectivity index (χ0) is 15.8. The van der Waals surface area contributed by atoms with Gasteiger partial charge in [-0.15, -0.1) is 0 Å². The fourth-order valence-electron chi connectivity index (χ4n) is 1.51. The molecule has 0 aliphatic heterocycles. The van der Waals surface area contributed by atoms with Crippen LogP contribution in [0.25, 0.3) is 0 Å². The third-order valence-corrected chi connectivity index (χ3v) is 3.04. The van der Waals surface area contributed by atoms with E-state index in [2.05, 4.69) is 31.3 Å². The van der Waals surface area contributed by atoms with Crippen molar-refractivity contribution in [3.63, 3.8) is 0 Å². The van der Waals surface area contributed by atoms with Gasteiger partial charge in [-0.05, 0) is 24.6 Å². The number of methoxy groups -OCH3 is 1. The number of halogens is 1. The Morgan fingerprint density at radius 1 is 1.38 bits per heavy atom. The molecule has 0 spiro atoms. The van der Waals surface area contributed by atoms with Gasteiger partial charge in [-0.3, -0.25) is 4.79 Å². The van der Waals surface area contributed by atoms with E-state index in [4.69, 9.17) is 5.11 Å². The molecule has 1 atom stereocenters. The maximum atomic E-state index is 11.7. The van der Waals surface area contributed by atoms with E-state index in [0.717, 1.165) is 4.47 Å². The smallest absolute Gasteiger partial charge is 0.326 e. The quantitative estimate of drug-likeness (QED) is 0.674. The molecule has 1 aromatic carbocycles. The molecule has 0 saturated carbocycles. The van der Waals surface area contributed by atoms with Crippen molar-refractivity contribution in [1.29, 1.82) is 0 Å². The third-order valence-electron chi connectivity index (χ3n) is 2.55. The maximum Gasteiger partial charge on any atom is 0.326 e. The summed E-state index contributed by atoms with van der Waals surface area (Å²) in [5, 5.41) is 13.8. The minimum atomic E-state index is -1.22. The van der Waals surface area contributed by atoms with Gasteiger partial charge in [0.1, 0.15) is 6.04 Å². The van der Waals surface area contributed by atoms with Crippen molar-refractivity contribution in [2.24, 2.45) is 0 Å². The Bertz CT molecular complexity index is 535. The first-order valence-electron chi connectivity index (χ1n) is 6.05. The topological polar surface area (TPSA) is 105 Å². The van der Waals surface area contributed by atoms with Gasteiger partial charge >= 0.3 is 18.0 Å². The van der Waals surface area contributed by atoms with Crippen LogP contribution in [0.5, 0.6) is 0 Å². The Hall–Kier alpha value is -2.09. The number of ether oxygens (including phenoxy) is 1. The molecule has 8 heteroatoms. The minimum Gasteiger partial charge on any atom is -0.480 e. The lowest BCUT2D eigenvalue weighted by Gasteiger charge is -2.14. The predicted molar refractivity (Wildman–Crippen MR) is 79.0 cm³/mol. The molecule has 0 fully saturated rings. The molecule has 0 heterocycles. The highest BCUT2D eigenvalue weighted by atomic mass is 79.9. The molecule has 1 rings (SSSR count). The van der Waals surface area contributed by atoms with E-state index in [-0.39, 0.29) is 12.8 Å². The van der Waals surface area contributed by atoms with Gasteiger partial charge in [0.25, 0.3) is 0 Å². The molecule has 0 saturated heterocycles. The number of benzene rings is 1. The van der Waals surface area contributed by atoms with Crippen LogP contribution in [0.15, 0.2) is 28.7 Å². The number of hydrogen-bond donors (Lipinski definition) is 3. The summed E-state index contributed by atoms with van der Waals surface area (Å²) in [4.78, 5) is 33.8. The molecule has 0 radical (unpaired) electrons. The number of carbonyl (C=O) groups excluding carboxylic acids is 2. The Balaban J connectivity index is 2.56. The predicted octanol–water partition coefficient (Wildman–Crippen LogP) is 1.98. The Labute approximate surface area is 129 Å². The highest BCUT2D eigenvalue weighted by molar-refractivity contribution is 9.10. The average Bonchev–Trinajstić information content (AvgIpc) is 2.42. The van der Waals surface area contributed by atoms with Gasteiger partial charge in [-0.25, -0.2) is 9.59 Å². The zero-order valence-corrected chi connectivity index (χ0v) is 12.8. The largest absolute Gasteiger partial charge is 0.480 e. The van der Waals surface area contributed by atoms with E-state index in [1.807, 2.05) is 0 Å². The van der Waals surface area contributed by atoms with E-state index in [1.54, 1.807) is 24.3 Å². The summed E-state index contributed by atoms with van der Waals surface area (Å²) < 4.78 is 5.21. The fraction of sp³-hybridized carbons (Fsp3) is 0.308. The Morgan fingerprint density at radius 3 is 2.67 bits per heavy atom. The molecule has 0 aromatic heterocycles. The molecular weight excluding hydrogens is 344 g/mol. The third kappa shape index (κ3) is 6.26. The first-order valence-corrected chi connectivity index (χ1v) is 6.84. The van der Waals surface area contributed by atoms with Crippen LogP contribution in [0.2, 0.25) is 0 Å². The van der Waals surface area contributed by atoms with E-state index >= 15 is 0 Å². The van der Waals surface area contributed by atoms with Crippen molar-refractivity contribution in [1.82, 2.24) is 5.32 Å². The fourth-order valence-corrected chi connectivity index (χ4v) is 1.91. The number of esters is 1.